The molecule has 0 aliphatic carbocycles. The highest BCUT2D eigenvalue weighted by Crippen LogP contribution is 1.93. The molecule has 0 aromatic rings. The van der Waals surface area contributed by atoms with Gasteiger partial charge in [0.2, 0.25) is 0 Å². The molecule has 1 nitrogen and oxygen atoms in total. The fourth-order valence-electron chi connectivity index (χ4n) is 0.312. The Balaban J connectivity index is 0. The van der Waals surface area contributed by atoms with E-state index in [0.29, 0.717) is 0 Å². The first-order chi connectivity index (χ1) is 8.47. The van der Waals surface area contributed by atoms with Crippen LogP contribution in [0, 0.1) is 71.5 Å². The van der Waals surface area contributed by atoms with Crippen molar-refractivity contribution in [1.29, 1.82) is 0 Å². The predicted molar refractivity (Wildman–Crippen MR) is 75.4 cm³/mol. The molecule has 0 rings (SSSR count). The van der Waals surface area contributed by atoms with Gasteiger partial charge in [-0.3, -0.25) is 0 Å². The van der Waals surface area contributed by atoms with Gasteiger partial charge in [0.15, 0.2) is 0 Å². The van der Waals surface area contributed by atoms with E-state index >= 15 is 0 Å². The van der Waals surface area contributed by atoms with Gasteiger partial charge in [-0.15, -0.1) is 6.42 Å². The molecule has 0 saturated carbocycles. The normalized spacial score (nSPS) is 6.00. The first-order valence-corrected chi connectivity index (χ1v) is 5.01. The largest absolute Gasteiger partial charge is 0.378 e. The number of hydrogen-bond acceptors (Lipinski definition) is 1. The Bertz CT molecular complexity index is 538. The predicted octanol–water partition coefficient (Wildman–Crippen LogP) is 1.43. The minimum atomic E-state index is -0.931. The lowest BCUT2D eigenvalue weighted by atomic mass is 10.2. The van der Waals surface area contributed by atoms with Crippen molar-refractivity contribution < 1.29 is 5.11 Å². The van der Waals surface area contributed by atoms with Crippen LogP contribution in [0.1, 0.15) is 27.7 Å². The lowest BCUT2D eigenvalue weighted by Crippen LogP contribution is -2.13. The van der Waals surface area contributed by atoms with E-state index in [1.54, 1.807) is 27.7 Å². The van der Waals surface area contributed by atoms with Crippen molar-refractivity contribution in [3.63, 3.8) is 0 Å². The van der Waals surface area contributed by atoms with E-state index in [0.717, 1.165) is 0 Å². The van der Waals surface area contributed by atoms with Crippen LogP contribution in [0.3, 0.4) is 0 Å². The molecule has 88 valence electrons. The van der Waals surface area contributed by atoms with Crippen molar-refractivity contribution in [2.45, 2.75) is 33.3 Å². The third-order valence-electron chi connectivity index (χ3n) is 1.04. The molecule has 0 heterocycles. The van der Waals surface area contributed by atoms with Crippen molar-refractivity contribution in [3.8, 4) is 71.5 Å². The van der Waals surface area contributed by atoms with Crippen LogP contribution in [-0.2, 0) is 0 Å². The van der Waals surface area contributed by atoms with Gasteiger partial charge in [0, 0.05) is 0 Å². The molecule has 1 N–H and O–H groups in total. The standard InChI is InChI=1S/C12H6.C5H8O/c1-3-5-7-9-11-12-10-8-6-4-2;1-4-5(2,3)6/h1-2H3;1,6H,2-3H3. The van der Waals surface area contributed by atoms with Crippen molar-refractivity contribution in [3.05, 3.63) is 0 Å². The van der Waals surface area contributed by atoms with Gasteiger partial charge in [-0.25, -0.2) is 0 Å². The maximum absolute atomic E-state index is 8.59. The molecule has 0 spiro atoms. The third-order valence-corrected chi connectivity index (χ3v) is 1.04. The summed E-state index contributed by atoms with van der Waals surface area (Å²) in [5.41, 5.74) is -0.931. The van der Waals surface area contributed by atoms with E-state index in [4.69, 9.17) is 11.5 Å². The zero-order chi connectivity index (χ0) is 14.3. The van der Waals surface area contributed by atoms with Crippen molar-refractivity contribution in [1.82, 2.24) is 0 Å². The summed E-state index contributed by atoms with van der Waals surface area (Å²) in [7, 11) is 0. The molecular formula is C17H14O. The average molecular weight is 234 g/mol. The van der Waals surface area contributed by atoms with Gasteiger partial charge in [0.05, 0.1) is 0 Å². The Kier molecular flexibility index (Phi) is 12.2. The zero-order valence-electron chi connectivity index (χ0n) is 11.0. The fraction of sp³-hybridized carbons (Fsp3) is 0.294. The lowest BCUT2D eigenvalue weighted by molar-refractivity contribution is 0.144. The highest BCUT2D eigenvalue weighted by molar-refractivity contribution is 5.42. The second kappa shape index (κ2) is 12.4. The summed E-state index contributed by atoms with van der Waals surface area (Å²) < 4.78 is 0. The van der Waals surface area contributed by atoms with E-state index in [9.17, 15) is 0 Å². The molecule has 0 aromatic heterocycles. The minimum absolute atomic E-state index is 0.931. The molecule has 0 atom stereocenters. The molecule has 0 saturated heterocycles. The average Bonchev–Trinajstić information content (AvgIpc) is 2.33. The van der Waals surface area contributed by atoms with Gasteiger partial charge < -0.3 is 5.11 Å². The smallest absolute Gasteiger partial charge is 0.119 e. The van der Waals surface area contributed by atoms with Gasteiger partial charge >= 0.3 is 0 Å². The highest BCUT2D eigenvalue weighted by atomic mass is 16.3. The first-order valence-electron chi connectivity index (χ1n) is 5.01. The topological polar surface area (TPSA) is 20.2 Å². The van der Waals surface area contributed by atoms with Gasteiger partial charge in [-0.1, -0.05) is 17.8 Å². The Labute approximate surface area is 110 Å². The van der Waals surface area contributed by atoms with Gasteiger partial charge in [0.25, 0.3) is 0 Å². The highest BCUT2D eigenvalue weighted by Gasteiger charge is 2.03. The van der Waals surface area contributed by atoms with Crippen LogP contribution in [0.25, 0.3) is 0 Å². The number of aliphatic hydroxyl groups is 1. The van der Waals surface area contributed by atoms with E-state index in [-0.39, 0.29) is 0 Å². The summed E-state index contributed by atoms with van der Waals surface area (Å²) in [6, 6.07) is 0. The fourth-order valence-corrected chi connectivity index (χ4v) is 0.312. The number of rotatable bonds is 0. The van der Waals surface area contributed by atoms with Crippen LogP contribution in [0.2, 0.25) is 0 Å². The summed E-state index contributed by atoms with van der Waals surface area (Å²) in [6.07, 6.45) is 4.81. The molecule has 0 aromatic carbocycles. The molecule has 0 amide bonds. The van der Waals surface area contributed by atoms with Crippen LogP contribution in [0.5, 0.6) is 0 Å². The van der Waals surface area contributed by atoms with E-state index in [1.807, 2.05) is 0 Å². The number of terminal acetylenes is 1. The first kappa shape index (κ1) is 17.7. The van der Waals surface area contributed by atoms with Gasteiger partial charge in [-0.05, 0) is 75.1 Å². The maximum Gasteiger partial charge on any atom is 0.119 e. The number of hydrogen-bond donors (Lipinski definition) is 1. The monoisotopic (exact) mass is 234 g/mol. The van der Waals surface area contributed by atoms with Crippen molar-refractivity contribution >= 4 is 0 Å². The molecule has 1 heteroatoms. The summed E-state index contributed by atoms with van der Waals surface area (Å²) in [5.74, 6) is 27.7. The molecule has 18 heavy (non-hydrogen) atoms. The van der Waals surface area contributed by atoms with Crippen LogP contribution in [0.4, 0.5) is 0 Å². The second-order valence-corrected chi connectivity index (χ2v) is 3.20. The van der Waals surface area contributed by atoms with Gasteiger partial charge in [-0.2, -0.15) is 0 Å². The Morgan fingerprint density at radius 2 is 0.944 bits per heavy atom. The zero-order valence-corrected chi connectivity index (χ0v) is 11.0. The molecule has 0 aliphatic heterocycles. The third kappa shape index (κ3) is 23.3. The molecule has 0 fully saturated rings. The summed E-state index contributed by atoms with van der Waals surface area (Å²) in [4.78, 5) is 0. The maximum atomic E-state index is 8.59. The minimum Gasteiger partial charge on any atom is -0.378 e. The van der Waals surface area contributed by atoms with Crippen molar-refractivity contribution in [2.24, 2.45) is 0 Å². The summed E-state index contributed by atoms with van der Waals surface area (Å²) in [5, 5.41) is 8.59. The summed E-state index contributed by atoms with van der Waals surface area (Å²) in [6.45, 7) is 6.57. The van der Waals surface area contributed by atoms with Crippen LogP contribution in [0.15, 0.2) is 0 Å². The Hall–Kier alpha value is -2.68. The lowest BCUT2D eigenvalue weighted by Gasteiger charge is -2.04. The molecule has 0 radical (unpaired) electrons. The molecular weight excluding hydrogens is 220 g/mol. The second-order valence-electron chi connectivity index (χ2n) is 3.20. The Morgan fingerprint density at radius 1 is 0.722 bits per heavy atom. The van der Waals surface area contributed by atoms with Crippen LogP contribution < -0.4 is 0 Å². The van der Waals surface area contributed by atoms with Crippen LogP contribution >= 0.6 is 0 Å². The Morgan fingerprint density at radius 3 is 1.11 bits per heavy atom. The van der Waals surface area contributed by atoms with Gasteiger partial charge in [0.1, 0.15) is 5.60 Å². The quantitative estimate of drug-likeness (QED) is 0.629. The molecule has 0 bridgehead atoms. The van der Waals surface area contributed by atoms with Crippen molar-refractivity contribution in [2.75, 3.05) is 0 Å². The SMILES string of the molecule is C#CC(C)(C)O.CC#CC#CC#CC#CC#CC. The van der Waals surface area contributed by atoms with Crippen LogP contribution in [-0.4, -0.2) is 10.7 Å². The molecule has 0 unspecified atom stereocenters. The van der Waals surface area contributed by atoms with E-state index in [1.165, 1.54) is 0 Å². The van der Waals surface area contributed by atoms with E-state index in [2.05, 4.69) is 65.1 Å². The van der Waals surface area contributed by atoms with E-state index < -0.39 is 5.60 Å². The molecule has 0 aliphatic rings. The summed E-state index contributed by atoms with van der Waals surface area (Å²) >= 11 is 0.